The minimum atomic E-state index is -1.71. The summed E-state index contributed by atoms with van der Waals surface area (Å²) in [4.78, 5) is 175. The molecule has 0 bridgehead atoms. The molecule has 3 heterocycles. The molecule has 0 spiro atoms. The number of rotatable bonds is 24. The Labute approximate surface area is 618 Å². The van der Waals surface area contributed by atoms with Crippen molar-refractivity contribution in [2.24, 2.45) is 35.5 Å². The van der Waals surface area contributed by atoms with E-state index in [1.165, 1.54) is 87.6 Å². The molecule has 11 amide bonds. The first-order valence-electron chi connectivity index (χ1n) is 37.8. The summed E-state index contributed by atoms with van der Waals surface area (Å²) in [6.07, 6.45) is 1.58. The lowest BCUT2D eigenvalue weighted by Crippen LogP contribution is -2.64. The summed E-state index contributed by atoms with van der Waals surface area (Å²) in [5.41, 5.74) is 1.54. The second kappa shape index (κ2) is 42.1. The number of aliphatic hydroxyl groups is 1. The van der Waals surface area contributed by atoms with Gasteiger partial charge in [0.2, 0.25) is 65.0 Å². The van der Waals surface area contributed by atoms with Crippen LogP contribution in [0.25, 0.3) is 11.0 Å². The van der Waals surface area contributed by atoms with Crippen molar-refractivity contribution in [3.05, 3.63) is 24.3 Å². The number of benzene rings is 1. The summed E-state index contributed by atoms with van der Waals surface area (Å²) in [5, 5.41) is 35.5. The molecule has 2 aliphatic rings. The highest BCUT2D eigenvalue weighted by Gasteiger charge is 2.45. The molecule has 0 aliphatic carbocycles. The largest absolute Gasteiger partial charge is 0.390 e. The molecule has 6 N–H and O–H groups in total. The number of aromatic nitrogens is 3. The van der Waals surface area contributed by atoms with Crippen molar-refractivity contribution in [3.8, 4) is 0 Å². The molecule has 29 nitrogen and oxygen atoms in total. The maximum Gasteiger partial charge on any atom is 0.246 e. The van der Waals surface area contributed by atoms with Gasteiger partial charge >= 0.3 is 0 Å². The highest BCUT2D eigenvalue weighted by atomic mass is 16.5. The van der Waals surface area contributed by atoms with Gasteiger partial charge in [-0.3, -0.25) is 57.6 Å². The molecule has 2 saturated heterocycles. The number of unbranched alkanes of at least 4 members (excludes halogenated alkanes) is 3. The third-order valence-corrected chi connectivity index (χ3v) is 20.3. The van der Waals surface area contributed by atoms with Gasteiger partial charge in [-0.1, -0.05) is 108 Å². The lowest BCUT2D eigenvalue weighted by atomic mass is 9.91. The number of nitrogens with zero attached hydrogens (tertiary/aromatic N) is 10. The van der Waals surface area contributed by atoms with Crippen LogP contribution in [-0.2, 0) is 68.8 Å². The number of ether oxygens (including phenoxy) is 2. The molecule has 2 fully saturated rings. The van der Waals surface area contributed by atoms with Crippen molar-refractivity contribution in [2.75, 3.05) is 81.7 Å². The van der Waals surface area contributed by atoms with Crippen molar-refractivity contribution >= 4 is 76.0 Å². The van der Waals surface area contributed by atoms with Crippen molar-refractivity contribution in [3.63, 3.8) is 0 Å². The van der Waals surface area contributed by atoms with Gasteiger partial charge in [0, 0.05) is 62.0 Å². The number of aryl methyl sites for hydroxylation is 1. The number of nitrogens with one attached hydrogen (secondary N) is 5. The smallest absolute Gasteiger partial charge is 0.246 e. The van der Waals surface area contributed by atoms with Gasteiger partial charge in [-0.25, -0.2) is 0 Å². The summed E-state index contributed by atoms with van der Waals surface area (Å²) in [6, 6.07) is -6.84. The summed E-state index contributed by atoms with van der Waals surface area (Å²) < 4.78 is 11.9. The van der Waals surface area contributed by atoms with Gasteiger partial charge in [0.1, 0.15) is 77.5 Å². The zero-order chi connectivity index (χ0) is 78.3. The molecule has 0 radical (unpaired) electrons. The van der Waals surface area contributed by atoms with E-state index in [1.54, 1.807) is 53.3 Å². The molecular formula is C75H129N15O14. The van der Waals surface area contributed by atoms with E-state index in [9.17, 15) is 29.1 Å². The number of amides is 11. The van der Waals surface area contributed by atoms with Gasteiger partial charge in [0.05, 0.1) is 32.0 Å². The molecule has 2 aromatic rings. The van der Waals surface area contributed by atoms with Crippen LogP contribution in [0.1, 0.15) is 175 Å². The maximum absolute atomic E-state index is 15.3. The Bertz CT molecular complexity index is 3120. The molecule has 588 valence electrons. The second-order valence-corrected chi connectivity index (χ2v) is 30.9. The summed E-state index contributed by atoms with van der Waals surface area (Å²) in [5.74, 6) is -10.3. The Morgan fingerprint density at radius 1 is 0.490 bits per heavy atom. The summed E-state index contributed by atoms with van der Waals surface area (Å²) in [6.45, 7) is 31.9. The number of morpholine rings is 1. The first-order valence-corrected chi connectivity index (χ1v) is 37.8. The van der Waals surface area contributed by atoms with Crippen molar-refractivity contribution in [1.82, 2.24) is 75.9 Å². The summed E-state index contributed by atoms with van der Waals surface area (Å²) in [7, 11) is 8.54. The first-order chi connectivity index (χ1) is 48.8. The predicted octanol–water partition coefficient (Wildman–Crippen LogP) is 3.83. The molecule has 1 aromatic heterocycles. The van der Waals surface area contributed by atoms with Crippen LogP contribution in [0.3, 0.4) is 0 Å². The number of likely N-dealkylation sites (N-methyl/N-ethyl adjacent to an activating group) is 6. The van der Waals surface area contributed by atoms with Crippen LogP contribution in [0.5, 0.6) is 0 Å². The van der Waals surface area contributed by atoms with E-state index in [0.717, 1.165) is 42.0 Å². The van der Waals surface area contributed by atoms with Gasteiger partial charge in [-0.05, 0) is 133 Å². The predicted molar refractivity (Wildman–Crippen MR) is 397 cm³/mol. The third-order valence-electron chi connectivity index (χ3n) is 20.3. The molecule has 29 heteroatoms. The fraction of sp³-hybridized carbons (Fsp3) is 0.773. The molecule has 4 rings (SSSR count). The Morgan fingerprint density at radius 2 is 0.981 bits per heavy atom. The van der Waals surface area contributed by atoms with E-state index >= 15 is 28.8 Å². The average molecular weight is 1460 g/mol. The lowest BCUT2D eigenvalue weighted by Gasteiger charge is -2.40. The van der Waals surface area contributed by atoms with E-state index < -0.39 is 161 Å². The van der Waals surface area contributed by atoms with Crippen LogP contribution in [0.4, 0.5) is 0 Å². The zero-order valence-corrected chi connectivity index (χ0v) is 66.5. The van der Waals surface area contributed by atoms with Crippen LogP contribution in [0.2, 0.25) is 0 Å². The number of carbonyl (C=O) groups is 11. The minimum absolute atomic E-state index is 0.0246. The van der Waals surface area contributed by atoms with Crippen molar-refractivity contribution < 1.29 is 67.3 Å². The number of fused-ring (bicyclic) bond motifs is 1. The standard InChI is InChI=1S/C75H129N15O14/c1-23-54-72(99)83(17)52(15)71(98)88(22)63(53(16)104-38-30-29-34-89-36-39-103-40-37-89)69(96)79-60(47(8)9)75(102)84(18)57(41-44(2)3)66(93)76-50(13)65(92)77-51(14)70(97)85(19)58(42-45(4)5)73(100)86(20)59(43-46(6)7)74(101)87(21)62(48(10)11)68(95)80-61(67(94)78-54)64(91)49(12)31-25-24-28-35-90-81-55-32-26-27-33-56(55)82-90/h26-27,32-33,44-54,57-64,91H,23-25,28-31,34-43H2,1-22H3,(H,76,93)(H,77,92)(H,78,94)(H,79,96)(H,80,95)/t49-,50+,51-,52-,53-,54+,57+,58+,59+,60+,61+,62+,63+,64-/m1/s1. The van der Waals surface area contributed by atoms with Crippen LogP contribution < -0.4 is 26.6 Å². The molecular weight excluding hydrogens is 1330 g/mol. The average Bonchev–Trinajstić information content (AvgIpc) is 1.08. The third kappa shape index (κ3) is 25.1. The highest BCUT2D eigenvalue weighted by Crippen LogP contribution is 2.25. The normalized spacial score (nSPS) is 26.1. The monoisotopic (exact) mass is 1460 g/mol. The number of carbonyl (C=O) groups excluding carboxylic acids is 11. The summed E-state index contributed by atoms with van der Waals surface area (Å²) >= 11 is 0. The molecule has 104 heavy (non-hydrogen) atoms. The van der Waals surface area contributed by atoms with Gasteiger partial charge in [-0.15, -0.1) is 0 Å². The second-order valence-electron chi connectivity index (χ2n) is 30.9. The van der Waals surface area contributed by atoms with E-state index in [-0.39, 0.29) is 50.0 Å². The highest BCUT2D eigenvalue weighted by molar-refractivity contribution is 6.00. The van der Waals surface area contributed by atoms with E-state index in [2.05, 4.69) is 41.7 Å². The molecule has 14 atom stereocenters. The number of aliphatic hydroxyl groups excluding tert-OH is 1. The van der Waals surface area contributed by atoms with E-state index in [0.29, 0.717) is 51.9 Å². The Kier molecular flexibility index (Phi) is 36.0. The van der Waals surface area contributed by atoms with Crippen molar-refractivity contribution in [1.29, 1.82) is 0 Å². The van der Waals surface area contributed by atoms with Gasteiger partial charge in [0.15, 0.2) is 0 Å². The van der Waals surface area contributed by atoms with Crippen LogP contribution in [-0.4, -0.2) is 280 Å². The van der Waals surface area contributed by atoms with Crippen LogP contribution in [0.15, 0.2) is 24.3 Å². The maximum atomic E-state index is 15.3. The topological polar surface area (TPSA) is 340 Å². The van der Waals surface area contributed by atoms with Gasteiger partial charge in [0.25, 0.3) is 0 Å². The molecule has 2 aliphatic heterocycles. The zero-order valence-electron chi connectivity index (χ0n) is 66.5. The van der Waals surface area contributed by atoms with Crippen molar-refractivity contribution in [2.45, 2.75) is 260 Å². The minimum Gasteiger partial charge on any atom is -0.390 e. The first kappa shape index (κ1) is 89.0. The van der Waals surface area contributed by atoms with Crippen LogP contribution in [0, 0.1) is 35.5 Å². The Balaban J connectivity index is 1.86. The number of hydrogen-bond acceptors (Lipinski definition) is 17. The Hall–Kier alpha value is -7.37. The fourth-order valence-electron chi connectivity index (χ4n) is 13.6. The molecule has 1 aromatic carbocycles. The van der Waals surface area contributed by atoms with E-state index in [4.69, 9.17) is 9.47 Å². The van der Waals surface area contributed by atoms with Gasteiger partial charge < -0.3 is 70.6 Å². The number of hydrogen-bond donors (Lipinski definition) is 6. The molecule has 0 saturated carbocycles. The van der Waals surface area contributed by atoms with E-state index in [1.807, 2.05) is 65.8 Å². The van der Waals surface area contributed by atoms with Crippen LogP contribution >= 0.6 is 0 Å². The molecule has 0 unspecified atom stereocenters. The van der Waals surface area contributed by atoms with Gasteiger partial charge in [-0.2, -0.15) is 15.0 Å². The fourth-order valence-corrected chi connectivity index (χ4v) is 13.6. The lowest BCUT2D eigenvalue weighted by molar-refractivity contribution is -0.154. The SMILES string of the molecule is CC[C@@H]1NC(=O)[C@H]([C@H](O)[C@H](C)CCCCCn2nc3ccccc3n2)NC(=O)[C@H](C(C)C)N(C)C(=O)[C@H](CC(C)C)N(C)C(=O)[C@H](CC(C)C)N(C)C(=O)[C@@H](C)NC(=O)[C@H](C)NC(=O)[C@H](CC(C)C)N(C)C(=O)[C@H](C(C)C)NC(=O)[C@H]([C@@H](C)OCCCCN2CCOCC2)N(C)C(=O)[C@@H](C)N(C)C1=O. The Morgan fingerprint density at radius 3 is 1.52 bits per heavy atom. The quantitative estimate of drug-likeness (QED) is 0.0814.